The first-order valence-corrected chi connectivity index (χ1v) is 8.54. The minimum absolute atomic E-state index is 0.268. The van der Waals surface area contributed by atoms with E-state index in [0.29, 0.717) is 11.4 Å². The molecule has 4 aromatic rings. The van der Waals surface area contributed by atoms with Crippen LogP contribution >= 0.6 is 0 Å². The molecule has 28 heavy (non-hydrogen) atoms. The highest BCUT2D eigenvalue weighted by Gasteiger charge is 2.12. The van der Waals surface area contributed by atoms with E-state index in [-0.39, 0.29) is 17.4 Å². The van der Waals surface area contributed by atoms with Gasteiger partial charge in [0.1, 0.15) is 12.0 Å². The van der Waals surface area contributed by atoms with Crippen LogP contribution in [0.3, 0.4) is 0 Å². The molecule has 0 fully saturated rings. The number of aromatic nitrogens is 3. The quantitative estimate of drug-likeness (QED) is 0.398. The molecule has 2 aromatic heterocycles. The third-order valence-corrected chi connectivity index (χ3v) is 4.14. The largest absolute Gasteiger partial charge is 0.393 e. The summed E-state index contributed by atoms with van der Waals surface area (Å²) in [6, 6.07) is 16.9. The van der Waals surface area contributed by atoms with Crippen LogP contribution < -0.4 is 21.9 Å². The molecule has 0 spiro atoms. The number of rotatable bonds is 5. The molecule has 0 radical (unpaired) electrons. The average Bonchev–Trinajstić information content (AvgIpc) is 2.74. The number of anilines is 4. The van der Waals surface area contributed by atoms with E-state index in [2.05, 4.69) is 31.1 Å². The van der Waals surface area contributed by atoms with E-state index in [1.807, 2.05) is 42.5 Å². The summed E-state index contributed by atoms with van der Waals surface area (Å²) in [4.78, 5) is 24.9. The highest BCUT2D eigenvalue weighted by Crippen LogP contribution is 2.25. The van der Waals surface area contributed by atoms with Gasteiger partial charge in [-0.05, 0) is 29.0 Å². The van der Waals surface area contributed by atoms with Gasteiger partial charge < -0.3 is 11.1 Å². The maximum atomic E-state index is 12.6. The molecule has 0 aliphatic rings. The predicted molar refractivity (Wildman–Crippen MR) is 109 cm³/mol. The Morgan fingerprint density at radius 2 is 1.75 bits per heavy atom. The fourth-order valence-electron chi connectivity index (χ4n) is 2.77. The number of carbonyl (C=O) groups is 1. The van der Waals surface area contributed by atoms with Crippen molar-refractivity contribution >= 4 is 39.7 Å². The molecule has 1 amide bonds. The van der Waals surface area contributed by atoms with Crippen LogP contribution in [0.1, 0.15) is 10.4 Å². The molecule has 0 saturated carbocycles. The molecule has 0 atom stereocenters. The van der Waals surface area contributed by atoms with Crippen LogP contribution in [0, 0.1) is 0 Å². The van der Waals surface area contributed by atoms with Gasteiger partial charge in [0.25, 0.3) is 5.91 Å². The van der Waals surface area contributed by atoms with E-state index < -0.39 is 0 Å². The Hall–Kier alpha value is -4.20. The van der Waals surface area contributed by atoms with E-state index in [1.54, 1.807) is 24.5 Å². The molecule has 0 saturated heterocycles. The van der Waals surface area contributed by atoms with Crippen molar-refractivity contribution in [1.82, 2.24) is 20.4 Å². The Kier molecular flexibility index (Phi) is 4.67. The molecule has 5 N–H and O–H groups in total. The summed E-state index contributed by atoms with van der Waals surface area (Å²) in [6.07, 6.45) is 4.67. The summed E-state index contributed by atoms with van der Waals surface area (Å²) < 4.78 is 0. The number of nitrogens with zero attached hydrogens (tertiary/aromatic N) is 3. The molecule has 0 bridgehead atoms. The third-order valence-electron chi connectivity index (χ3n) is 4.14. The molecule has 138 valence electrons. The molecule has 4 rings (SSSR count). The average molecular weight is 371 g/mol. The van der Waals surface area contributed by atoms with Gasteiger partial charge in [0, 0.05) is 11.8 Å². The topological polar surface area (TPSA) is 118 Å². The molecule has 8 heteroatoms. The smallest absolute Gasteiger partial charge is 0.270 e. The summed E-state index contributed by atoms with van der Waals surface area (Å²) in [7, 11) is 0. The first-order chi connectivity index (χ1) is 13.7. The standard InChI is InChI=1S/C20H17N7O/c21-17-18(25-14-7-4-10-22-11-14)23-12-24-19(17)26-27-20(28)16-9-3-6-13-5-1-2-8-15(13)16/h1-12H,21H2,(H,27,28)(H2,23,24,25,26). The number of carbonyl (C=O) groups excluding carboxylic acids is 1. The van der Waals surface area contributed by atoms with Gasteiger partial charge in [0.05, 0.1) is 11.9 Å². The first-order valence-electron chi connectivity index (χ1n) is 8.54. The van der Waals surface area contributed by atoms with Gasteiger partial charge in [0.2, 0.25) is 0 Å². The molecule has 2 heterocycles. The van der Waals surface area contributed by atoms with Gasteiger partial charge in [-0.1, -0.05) is 36.4 Å². The molecule has 2 aromatic carbocycles. The zero-order chi connectivity index (χ0) is 19.3. The van der Waals surface area contributed by atoms with E-state index in [4.69, 9.17) is 5.73 Å². The van der Waals surface area contributed by atoms with Crippen molar-refractivity contribution in [3.05, 3.63) is 78.9 Å². The highest BCUT2D eigenvalue weighted by atomic mass is 16.2. The number of nitrogens with one attached hydrogen (secondary N) is 3. The van der Waals surface area contributed by atoms with Crippen molar-refractivity contribution in [2.45, 2.75) is 0 Å². The predicted octanol–water partition coefficient (Wildman–Crippen LogP) is 3.11. The monoisotopic (exact) mass is 371 g/mol. The molecule has 8 nitrogen and oxygen atoms in total. The maximum absolute atomic E-state index is 12.6. The molecular formula is C20H17N7O. The lowest BCUT2D eigenvalue weighted by Gasteiger charge is -2.13. The Morgan fingerprint density at radius 3 is 2.61 bits per heavy atom. The van der Waals surface area contributed by atoms with Gasteiger partial charge in [-0.3, -0.25) is 20.6 Å². The third kappa shape index (κ3) is 3.51. The number of benzene rings is 2. The Balaban J connectivity index is 1.52. The summed E-state index contributed by atoms with van der Waals surface area (Å²) in [5.41, 5.74) is 13.1. The van der Waals surface area contributed by atoms with Crippen LogP contribution in [0.25, 0.3) is 10.8 Å². The summed E-state index contributed by atoms with van der Waals surface area (Å²) in [6.45, 7) is 0. The van der Waals surface area contributed by atoms with Crippen LogP contribution in [-0.4, -0.2) is 20.9 Å². The number of nitrogen functional groups attached to an aromatic ring is 1. The second-order valence-corrected chi connectivity index (χ2v) is 5.96. The first kappa shape index (κ1) is 17.2. The Morgan fingerprint density at radius 1 is 0.929 bits per heavy atom. The number of hydrogen-bond acceptors (Lipinski definition) is 7. The summed E-state index contributed by atoms with van der Waals surface area (Å²) >= 11 is 0. The van der Waals surface area contributed by atoms with Crippen molar-refractivity contribution < 1.29 is 4.79 Å². The number of fused-ring (bicyclic) bond motifs is 1. The van der Waals surface area contributed by atoms with Crippen molar-refractivity contribution in [3.63, 3.8) is 0 Å². The maximum Gasteiger partial charge on any atom is 0.270 e. The van der Waals surface area contributed by atoms with Crippen LogP contribution in [0.15, 0.2) is 73.3 Å². The van der Waals surface area contributed by atoms with Gasteiger partial charge >= 0.3 is 0 Å². The fourth-order valence-corrected chi connectivity index (χ4v) is 2.77. The minimum atomic E-state index is -0.295. The molecular weight excluding hydrogens is 354 g/mol. The number of hydrazine groups is 1. The van der Waals surface area contributed by atoms with Crippen LogP contribution in [0.2, 0.25) is 0 Å². The van der Waals surface area contributed by atoms with E-state index in [9.17, 15) is 4.79 Å². The lowest BCUT2D eigenvalue weighted by Crippen LogP contribution is -2.30. The van der Waals surface area contributed by atoms with Crippen LogP contribution in [0.4, 0.5) is 23.0 Å². The van der Waals surface area contributed by atoms with Crippen molar-refractivity contribution in [1.29, 1.82) is 0 Å². The number of nitrogens with two attached hydrogens (primary N) is 1. The van der Waals surface area contributed by atoms with E-state index >= 15 is 0 Å². The van der Waals surface area contributed by atoms with Crippen LogP contribution in [0.5, 0.6) is 0 Å². The number of amides is 1. The van der Waals surface area contributed by atoms with E-state index in [0.717, 1.165) is 16.5 Å². The highest BCUT2D eigenvalue weighted by molar-refractivity contribution is 6.07. The van der Waals surface area contributed by atoms with Gasteiger partial charge in [-0.25, -0.2) is 9.97 Å². The zero-order valence-electron chi connectivity index (χ0n) is 14.8. The van der Waals surface area contributed by atoms with Gasteiger partial charge in [-0.2, -0.15) is 0 Å². The summed E-state index contributed by atoms with van der Waals surface area (Å²) in [5, 5.41) is 4.91. The molecule has 0 unspecified atom stereocenters. The van der Waals surface area contributed by atoms with Crippen molar-refractivity contribution in [2.75, 3.05) is 16.5 Å². The molecule has 0 aliphatic heterocycles. The number of hydrogen-bond donors (Lipinski definition) is 4. The zero-order valence-corrected chi connectivity index (χ0v) is 14.8. The van der Waals surface area contributed by atoms with Gasteiger partial charge in [-0.15, -0.1) is 0 Å². The fraction of sp³-hybridized carbons (Fsp3) is 0. The summed E-state index contributed by atoms with van der Waals surface area (Å²) in [5.74, 6) is 0.400. The number of pyridine rings is 1. The Labute approximate surface area is 160 Å². The second kappa shape index (κ2) is 7.58. The van der Waals surface area contributed by atoms with E-state index in [1.165, 1.54) is 6.33 Å². The normalized spacial score (nSPS) is 10.4. The SMILES string of the molecule is Nc1c(NNC(=O)c2cccc3ccccc23)ncnc1Nc1cccnc1. The lowest BCUT2D eigenvalue weighted by atomic mass is 10.0. The van der Waals surface area contributed by atoms with Crippen molar-refractivity contribution in [2.24, 2.45) is 0 Å². The lowest BCUT2D eigenvalue weighted by molar-refractivity contribution is 0.0964. The second-order valence-electron chi connectivity index (χ2n) is 5.96. The Bertz CT molecular complexity index is 1130. The minimum Gasteiger partial charge on any atom is -0.393 e. The van der Waals surface area contributed by atoms with Crippen LogP contribution in [-0.2, 0) is 0 Å². The molecule has 0 aliphatic carbocycles. The van der Waals surface area contributed by atoms with Gasteiger partial charge in [0.15, 0.2) is 11.6 Å². The van der Waals surface area contributed by atoms with Crippen molar-refractivity contribution in [3.8, 4) is 0 Å².